The lowest BCUT2D eigenvalue weighted by molar-refractivity contribution is -0.135. The number of amides is 2. The molecule has 5 rings (SSSR count). The topological polar surface area (TPSA) is 145 Å². The number of aliphatic hydroxyl groups excluding tert-OH is 1. The van der Waals surface area contributed by atoms with Crippen molar-refractivity contribution in [3.05, 3.63) is 114 Å². The summed E-state index contributed by atoms with van der Waals surface area (Å²) in [5, 5.41) is 22.3. The molecule has 10 nitrogen and oxygen atoms in total. The predicted molar refractivity (Wildman–Crippen MR) is 165 cm³/mol. The van der Waals surface area contributed by atoms with Crippen molar-refractivity contribution < 1.29 is 33.0 Å². The van der Waals surface area contributed by atoms with Gasteiger partial charge in [-0.05, 0) is 79.1 Å². The quantitative estimate of drug-likeness (QED) is 0.208. The summed E-state index contributed by atoms with van der Waals surface area (Å²) < 4.78 is 34.9. The van der Waals surface area contributed by atoms with E-state index in [1.807, 2.05) is 18.2 Å². The molecular formula is C33H33N3O7S. The molecule has 1 aliphatic rings. The van der Waals surface area contributed by atoms with E-state index in [1.165, 1.54) is 36.4 Å². The summed E-state index contributed by atoms with van der Waals surface area (Å²) in [7, 11) is -4.03. The molecule has 44 heavy (non-hydrogen) atoms. The Balaban J connectivity index is 1.30. The summed E-state index contributed by atoms with van der Waals surface area (Å²) in [4.78, 5) is 28.3. The molecule has 0 unspecified atom stereocenters. The average molecular weight is 616 g/mol. The molecule has 4 aromatic carbocycles. The van der Waals surface area contributed by atoms with Crippen molar-refractivity contribution in [2.45, 2.75) is 36.3 Å². The van der Waals surface area contributed by atoms with Crippen LogP contribution in [0.4, 0.5) is 5.69 Å². The van der Waals surface area contributed by atoms with Crippen molar-refractivity contribution in [3.8, 4) is 17.2 Å². The van der Waals surface area contributed by atoms with Gasteiger partial charge in [0.15, 0.2) is 5.75 Å². The molecule has 1 saturated heterocycles. The number of hydrogen-bond donors (Lipinski definition) is 4. The Kier molecular flexibility index (Phi) is 9.47. The summed E-state index contributed by atoms with van der Waals surface area (Å²) in [5.74, 6) is 0.138. The molecule has 2 amide bonds. The first-order valence-corrected chi connectivity index (χ1v) is 15.7. The molecule has 1 atom stereocenters. The number of ether oxygens (including phenoxy) is 1. The third kappa shape index (κ3) is 7.74. The maximum absolute atomic E-state index is 13.4. The van der Waals surface area contributed by atoms with Gasteiger partial charge in [-0.3, -0.25) is 14.3 Å². The summed E-state index contributed by atoms with van der Waals surface area (Å²) in [6.07, 6.45) is 0.639. The highest BCUT2D eigenvalue weighted by molar-refractivity contribution is 7.92. The highest BCUT2D eigenvalue weighted by Gasteiger charge is 2.29. The highest BCUT2D eigenvalue weighted by Crippen LogP contribution is 2.31. The second-order valence-electron chi connectivity index (χ2n) is 10.5. The van der Waals surface area contributed by atoms with Gasteiger partial charge in [0.25, 0.3) is 15.9 Å². The van der Waals surface area contributed by atoms with E-state index in [4.69, 9.17) is 4.74 Å². The van der Waals surface area contributed by atoms with Crippen LogP contribution in [0.25, 0.3) is 0 Å². The van der Waals surface area contributed by atoms with Gasteiger partial charge in [-0.2, -0.15) is 0 Å². The minimum absolute atomic E-state index is 0.0628. The number of nitrogens with zero attached hydrogens (tertiary/aromatic N) is 1. The van der Waals surface area contributed by atoms with Crippen molar-refractivity contribution in [2.24, 2.45) is 0 Å². The van der Waals surface area contributed by atoms with Crippen LogP contribution in [0.1, 0.15) is 28.8 Å². The monoisotopic (exact) mass is 615 g/mol. The Morgan fingerprint density at radius 3 is 2.18 bits per heavy atom. The van der Waals surface area contributed by atoms with E-state index < -0.39 is 28.1 Å². The summed E-state index contributed by atoms with van der Waals surface area (Å²) in [6, 6.07) is 26.5. The minimum atomic E-state index is -4.03. The maximum atomic E-state index is 13.4. The number of hydrogen-bond acceptors (Lipinski definition) is 7. The van der Waals surface area contributed by atoms with Gasteiger partial charge in [0.2, 0.25) is 5.91 Å². The first kappa shape index (κ1) is 30.6. The second-order valence-corrected chi connectivity index (χ2v) is 12.2. The normalized spacial score (nSPS) is 14.4. The van der Waals surface area contributed by atoms with Crippen molar-refractivity contribution in [3.63, 3.8) is 0 Å². The van der Waals surface area contributed by atoms with Crippen molar-refractivity contribution in [2.75, 3.05) is 17.8 Å². The Morgan fingerprint density at radius 2 is 1.50 bits per heavy atom. The second kappa shape index (κ2) is 13.6. The lowest BCUT2D eigenvalue weighted by atomic mass is 10.0. The molecule has 1 fully saturated rings. The number of carbonyl (C=O) groups excluding carboxylic acids is 2. The van der Waals surface area contributed by atoms with E-state index in [-0.39, 0.29) is 34.2 Å². The largest absolute Gasteiger partial charge is 0.508 e. The molecule has 0 aliphatic carbocycles. The molecule has 0 saturated carbocycles. The molecule has 0 bridgehead atoms. The number of aromatic hydroxyl groups is 1. The zero-order valence-electron chi connectivity index (χ0n) is 23.8. The Labute approximate surface area is 256 Å². The number of para-hydroxylation sites is 3. The molecule has 0 aromatic heterocycles. The van der Waals surface area contributed by atoms with Crippen LogP contribution in [0.5, 0.6) is 17.2 Å². The number of aliphatic hydroxyl groups is 1. The average Bonchev–Trinajstić information content (AvgIpc) is 3.03. The number of anilines is 1. The number of carbonyl (C=O) groups is 2. The van der Waals surface area contributed by atoms with Gasteiger partial charge in [0.1, 0.15) is 17.5 Å². The van der Waals surface area contributed by atoms with Crippen LogP contribution < -0.4 is 14.8 Å². The molecule has 4 N–H and O–H groups in total. The van der Waals surface area contributed by atoms with Gasteiger partial charge < -0.3 is 25.2 Å². The number of nitrogens with one attached hydrogen (secondary N) is 2. The van der Waals surface area contributed by atoms with E-state index in [1.54, 1.807) is 53.4 Å². The SMILES string of the molecule is O=C(N[C@H](Cc1ccc(O)cc1)C(=O)N1CCC(O)CC1)c1ccc(S(=O)(=O)Nc2ccccc2Oc2ccccc2)cc1. The van der Waals surface area contributed by atoms with Crippen LogP contribution >= 0.6 is 0 Å². The van der Waals surface area contributed by atoms with Crippen LogP contribution in [0.2, 0.25) is 0 Å². The third-order valence-corrected chi connectivity index (χ3v) is 8.67. The number of likely N-dealkylation sites (tertiary alicyclic amines) is 1. The Bertz CT molecular complexity index is 1690. The van der Waals surface area contributed by atoms with Gasteiger partial charge in [0, 0.05) is 25.1 Å². The lowest BCUT2D eigenvalue weighted by Gasteiger charge is -2.32. The van der Waals surface area contributed by atoms with Crippen LogP contribution in [-0.4, -0.2) is 60.6 Å². The summed E-state index contributed by atoms with van der Waals surface area (Å²) >= 11 is 0. The molecule has 4 aromatic rings. The van der Waals surface area contributed by atoms with E-state index in [0.29, 0.717) is 37.4 Å². The number of benzene rings is 4. The fraction of sp³-hybridized carbons (Fsp3) is 0.212. The van der Waals surface area contributed by atoms with Crippen molar-refractivity contribution >= 4 is 27.5 Å². The number of rotatable bonds is 10. The van der Waals surface area contributed by atoms with Crippen LogP contribution in [0.15, 0.2) is 108 Å². The number of phenolic OH excluding ortho intramolecular Hbond substituents is 1. The van der Waals surface area contributed by atoms with Gasteiger partial charge >= 0.3 is 0 Å². The van der Waals surface area contributed by atoms with Crippen LogP contribution in [0, 0.1) is 0 Å². The smallest absolute Gasteiger partial charge is 0.262 e. The molecule has 228 valence electrons. The molecule has 0 radical (unpaired) electrons. The summed E-state index contributed by atoms with van der Waals surface area (Å²) in [5.41, 5.74) is 1.16. The molecule has 11 heteroatoms. The van der Waals surface area contributed by atoms with Crippen molar-refractivity contribution in [1.82, 2.24) is 10.2 Å². The zero-order valence-corrected chi connectivity index (χ0v) is 24.6. The molecular weight excluding hydrogens is 582 g/mol. The standard InChI is InChI=1S/C33H33N3O7S/c37-25-14-10-23(11-15-25)22-30(33(40)36-20-18-26(38)19-21-36)34-32(39)24-12-16-28(17-13-24)44(41,42)35-29-8-4-5-9-31(29)43-27-6-2-1-3-7-27/h1-17,26,30,35,37-38H,18-22H2,(H,34,39)/t30-/m1/s1. The van der Waals surface area contributed by atoms with Gasteiger partial charge in [-0.15, -0.1) is 0 Å². The van der Waals surface area contributed by atoms with E-state index >= 15 is 0 Å². The Hall–Kier alpha value is -4.87. The number of phenols is 1. The van der Waals surface area contributed by atoms with Gasteiger partial charge in [-0.25, -0.2) is 8.42 Å². The van der Waals surface area contributed by atoms with E-state index in [9.17, 15) is 28.2 Å². The summed E-state index contributed by atoms with van der Waals surface area (Å²) in [6.45, 7) is 0.752. The van der Waals surface area contributed by atoms with Crippen LogP contribution in [0.3, 0.4) is 0 Å². The highest BCUT2D eigenvalue weighted by atomic mass is 32.2. The number of piperidine rings is 1. The van der Waals surface area contributed by atoms with E-state index in [0.717, 1.165) is 5.56 Å². The first-order chi connectivity index (χ1) is 21.2. The fourth-order valence-corrected chi connectivity index (χ4v) is 5.93. The lowest BCUT2D eigenvalue weighted by Crippen LogP contribution is -2.52. The van der Waals surface area contributed by atoms with Gasteiger partial charge in [-0.1, -0.05) is 42.5 Å². The Morgan fingerprint density at radius 1 is 0.864 bits per heavy atom. The molecule has 1 heterocycles. The van der Waals surface area contributed by atoms with Crippen LogP contribution in [-0.2, 0) is 21.2 Å². The van der Waals surface area contributed by atoms with Gasteiger partial charge in [0.05, 0.1) is 16.7 Å². The zero-order chi connectivity index (χ0) is 31.1. The molecule has 1 aliphatic heterocycles. The van der Waals surface area contributed by atoms with Crippen molar-refractivity contribution in [1.29, 1.82) is 0 Å². The minimum Gasteiger partial charge on any atom is -0.508 e. The number of sulfonamides is 1. The predicted octanol–water partition coefficient (Wildman–Crippen LogP) is 4.31. The van der Waals surface area contributed by atoms with E-state index in [2.05, 4.69) is 10.0 Å². The molecule has 0 spiro atoms. The first-order valence-electron chi connectivity index (χ1n) is 14.2. The fourth-order valence-electron chi connectivity index (χ4n) is 4.86. The third-order valence-electron chi connectivity index (χ3n) is 7.28. The maximum Gasteiger partial charge on any atom is 0.262 e.